The minimum absolute atomic E-state index is 0.671. The van der Waals surface area contributed by atoms with Crippen molar-refractivity contribution in [3.05, 3.63) is 41.5 Å². The van der Waals surface area contributed by atoms with Gasteiger partial charge in [0.15, 0.2) is 0 Å². The van der Waals surface area contributed by atoms with Gasteiger partial charge in [-0.2, -0.15) is 5.10 Å². The second-order valence-corrected chi connectivity index (χ2v) is 4.51. The van der Waals surface area contributed by atoms with Gasteiger partial charge < -0.3 is 10.1 Å². The van der Waals surface area contributed by atoms with Crippen molar-refractivity contribution in [1.29, 1.82) is 0 Å². The summed E-state index contributed by atoms with van der Waals surface area (Å²) < 4.78 is 7.24. The van der Waals surface area contributed by atoms with Crippen LogP contribution in [0.5, 0.6) is 0 Å². The van der Waals surface area contributed by atoms with Gasteiger partial charge in [0.05, 0.1) is 31.3 Å². The Labute approximate surface area is 106 Å². The van der Waals surface area contributed by atoms with Crippen LogP contribution >= 0.6 is 0 Å². The molecule has 2 aromatic rings. The Morgan fingerprint density at radius 1 is 1.44 bits per heavy atom. The van der Waals surface area contributed by atoms with Gasteiger partial charge in [0, 0.05) is 43.0 Å². The molecule has 0 unspecified atom stereocenters. The number of aryl methyl sites for hydroxylation is 1. The summed E-state index contributed by atoms with van der Waals surface area (Å²) in [6.07, 6.45) is 6.67. The van der Waals surface area contributed by atoms with Crippen LogP contribution in [0.1, 0.15) is 16.8 Å². The lowest BCUT2D eigenvalue weighted by molar-refractivity contribution is 0.109. The number of nitrogens with one attached hydrogen (secondary N) is 1. The second kappa shape index (κ2) is 4.78. The molecule has 0 aliphatic carbocycles. The molecule has 0 saturated carbocycles. The predicted molar refractivity (Wildman–Crippen MR) is 68.1 cm³/mol. The normalized spacial score (nSPS) is 14.3. The van der Waals surface area contributed by atoms with E-state index in [4.69, 9.17) is 4.74 Å². The fourth-order valence-electron chi connectivity index (χ4n) is 2.10. The Morgan fingerprint density at radius 3 is 3.22 bits per heavy atom. The standard InChI is InChI=1S/C13H16N4O/c1-17-8-10(6-16-17)5-14-12-4-11-9-18-3-2-13(11)15-7-12/h4,6-8,14H,2-3,5,9H2,1H3. The maximum absolute atomic E-state index is 5.44. The van der Waals surface area contributed by atoms with E-state index in [2.05, 4.69) is 21.5 Å². The summed E-state index contributed by atoms with van der Waals surface area (Å²) in [5, 5.41) is 7.49. The van der Waals surface area contributed by atoms with Gasteiger partial charge in [-0.15, -0.1) is 0 Å². The Morgan fingerprint density at radius 2 is 2.39 bits per heavy atom. The zero-order chi connectivity index (χ0) is 12.4. The summed E-state index contributed by atoms with van der Waals surface area (Å²) in [6, 6.07) is 2.12. The zero-order valence-electron chi connectivity index (χ0n) is 10.4. The third-order valence-corrected chi connectivity index (χ3v) is 3.06. The van der Waals surface area contributed by atoms with Crippen molar-refractivity contribution in [3.63, 3.8) is 0 Å². The summed E-state index contributed by atoms with van der Waals surface area (Å²) in [5.74, 6) is 0. The van der Waals surface area contributed by atoms with Crippen LogP contribution in [0.25, 0.3) is 0 Å². The van der Waals surface area contributed by atoms with E-state index in [1.807, 2.05) is 25.6 Å². The largest absolute Gasteiger partial charge is 0.380 e. The maximum Gasteiger partial charge on any atom is 0.0735 e. The molecule has 0 atom stereocenters. The number of ether oxygens (including phenoxy) is 1. The van der Waals surface area contributed by atoms with E-state index in [1.54, 1.807) is 4.68 Å². The highest BCUT2D eigenvalue weighted by Gasteiger charge is 2.11. The van der Waals surface area contributed by atoms with Gasteiger partial charge in [-0.3, -0.25) is 9.67 Å². The third kappa shape index (κ3) is 2.36. The van der Waals surface area contributed by atoms with Gasteiger partial charge in [-0.1, -0.05) is 0 Å². The van der Waals surface area contributed by atoms with E-state index in [0.717, 1.165) is 36.5 Å². The first-order valence-electron chi connectivity index (χ1n) is 6.08. The molecule has 0 radical (unpaired) electrons. The molecule has 18 heavy (non-hydrogen) atoms. The number of hydrogen-bond acceptors (Lipinski definition) is 4. The molecule has 2 aromatic heterocycles. The minimum atomic E-state index is 0.671. The lowest BCUT2D eigenvalue weighted by Crippen LogP contribution is -2.12. The Bertz CT molecular complexity index is 550. The van der Waals surface area contributed by atoms with Crippen LogP contribution in [-0.2, 0) is 31.4 Å². The third-order valence-electron chi connectivity index (χ3n) is 3.06. The van der Waals surface area contributed by atoms with Crippen LogP contribution in [0.15, 0.2) is 24.7 Å². The van der Waals surface area contributed by atoms with Gasteiger partial charge in [0.1, 0.15) is 0 Å². The molecule has 1 N–H and O–H groups in total. The number of nitrogens with zero attached hydrogens (tertiary/aromatic N) is 3. The molecule has 3 heterocycles. The molecule has 0 amide bonds. The van der Waals surface area contributed by atoms with Crippen LogP contribution in [0, 0.1) is 0 Å². The van der Waals surface area contributed by atoms with Crippen molar-refractivity contribution in [1.82, 2.24) is 14.8 Å². The van der Waals surface area contributed by atoms with Gasteiger partial charge in [0.2, 0.25) is 0 Å². The summed E-state index contributed by atoms with van der Waals surface area (Å²) in [7, 11) is 1.92. The molecular formula is C13H16N4O. The molecule has 5 nitrogen and oxygen atoms in total. The number of aromatic nitrogens is 3. The van der Waals surface area contributed by atoms with Crippen molar-refractivity contribution in [2.24, 2.45) is 7.05 Å². The molecule has 3 rings (SSSR count). The first kappa shape index (κ1) is 11.2. The summed E-state index contributed by atoms with van der Waals surface area (Å²) >= 11 is 0. The number of hydrogen-bond donors (Lipinski definition) is 1. The van der Waals surface area contributed by atoms with Crippen LogP contribution in [0.2, 0.25) is 0 Å². The van der Waals surface area contributed by atoms with Crippen LogP contribution in [-0.4, -0.2) is 21.4 Å². The summed E-state index contributed by atoms with van der Waals surface area (Å²) in [4.78, 5) is 4.47. The van der Waals surface area contributed by atoms with Gasteiger partial charge >= 0.3 is 0 Å². The van der Waals surface area contributed by atoms with Crippen LogP contribution < -0.4 is 5.32 Å². The number of rotatable bonds is 3. The van der Waals surface area contributed by atoms with Crippen LogP contribution in [0.4, 0.5) is 5.69 Å². The molecule has 0 fully saturated rings. The van der Waals surface area contributed by atoms with Crippen molar-refractivity contribution in [2.45, 2.75) is 19.6 Å². The minimum Gasteiger partial charge on any atom is -0.380 e. The quantitative estimate of drug-likeness (QED) is 0.889. The van der Waals surface area contributed by atoms with E-state index in [9.17, 15) is 0 Å². The average Bonchev–Trinajstić information content (AvgIpc) is 2.82. The molecule has 1 aliphatic heterocycles. The smallest absolute Gasteiger partial charge is 0.0735 e. The number of pyridine rings is 1. The lowest BCUT2D eigenvalue weighted by Gasteiger charge is -2.16. The summed E-state index contributed by atoms with van der Waals surface area (Å²) in [5.41, 5.74) is 4.54. The molecule has 94 valence electrons. The van der Waals surface area contributed by atoms with E-state index in [0.29, 0.717) is 6.61 Å². The maximum atomic E-state index is 5.44. The van der Waals surface area contributed by atoms with Gasteiger partial charge in [-0.05, 0) is 6.07 Å². The summed E-state index contributed by atoms with van der Waals surface area (Å²) in [6.45, 7) is 2.21. The Kier molecular flexibility index (Phi) is 2.98. The monoisotopic (exact) mass is 244 g/mol. The lowest BCUT2D eigenvalue weighted by atomic mass is 10.1. The Hall–Kier alpha value is -1.88. The van der Waals surface area contributed by atoms with Gasteiger partial charge in [0.25, 0.3) is 0 Å². The molecular weight excluding hydrogens is 228 g/mol. The van der Waals surface area contributed by atoms with E-state index >= 15 is 0 Å². The van der Waals surface area contributed by atoms with Crippen LogP contribution in [0.3, 0.4) is 0 Å². The first-order chi connectivity index (χ1) is 8.81. The molecule has 0 saturated heterocycles. The highest BCUT2D eigenvalue weighted by atomic mass is 16.5. The highest BCUT2D eigenvalue weighted by molar-refractivity contribution is 5.45. The fraction of sp³-hybridized carbons (Fsp3) is 0.385. The topological polar surface area (TPSA) is 52.0 Å². The van der Waals surface area contributed by atoms with Gasteiger partial charge in [-0.25, -0.2) is 0 Å². The fourth-order valence-corrected chi connectivity index (χ4v) is 2.10. The van der Waals surface area contributed by atoms with E-state index < -0.39 is 0 Å². The zero-order valence-corrected chi connectivity index (χ0v) is 10.4. The molecule has 0 aromatic carbocycles. The van der Waals surface area contributed by atoms with Crippen molar-refractivity contribution >= 4 is 5.69 Å². The van der Waals surface area contributed by atoms with Crippen molar-refractivity contribution in [3.8, 4) is 0 Å². The SMILES string of the molecule is Cn1cc(CNc2cnc3c(c2)COCC3)cn1. The average molecular weight is 244 g/mol. The highest BCUT2D eigenvalue weighted by Crippen LogP contribution is 2.18. The molecule has 0 bridgehead atoms. The predicted octanol–water partition coefficient (Wildman–Crippen LogP) is 1.50. The number of anilines is 1. The van der Waals surface area contributed by atoms with E-state index in [-0.39, 0.29) is 0 Å². The number of fused-ring (bicyclic) bond motifs is 1. The second-order valence-electron chi connectivity index (χ2n) is 4.51. The van der Waals surface area contributed by atoms with E-state index in [1.165, 1.54) is 5.56 Å². The van der Waals surface area contributed by atoms with Crippen molar-refractivity contribution < 1.29 is 4.74 Å². The first-order valence-corrected chi connectivity index (χ1v) is 6.08. The Balaban J connectivity index is 1.69. The molecule has 0 spiro atoms. The van der Waals surface area contributed by atoms with Crippen molar-refractivity contribution in [2.75, 3.05) is 11.9 Å². The molecule has 5 heteroatoms. The molecule has 1 aliphatic rings.